The number of ether oxygens (including phenoxy) is 1. The molecule has 0 fully saturated rings. The molecule has 4 heteroatoms. The van der Waals surface area contributed by atoms with Gasteiger partial charge >= 0.3 is 0 Å². The molecule has 0 spiro atoms. The van der Waals surface area contributed by atoms with Gasteiger partial charge in [-0.15, -0.1) is 0 Å². The number of methoxy groups -OCH3 is 1. The van der Waals surface area contributed by atoms with E-state index in [2.05, 4.69) is 53.1 Å². The summed E-state index contributed by atoms with van der Waals surface area (Å²) in [5, 5.41) is 1.93. The lowest BCUT2D eigenvalue weighted by atomic mass is 10.0. The number of carbonyl (C=O) groups excluding carboxylic acids is 1. The summed E-state index contributed by atoms with van der Waals surface area (Å²) in [6.45, 7) is 2.72. The molecule has 4 nitrogen and oxygen atoms in total. The number of aryl methyl sites for hydroxylation is 1. The number of primary amides is 1. The normalized spacial score (nSPS) is 11.2. The number of fused-ring (bicyclic) bond motifs is 3. The van der Waals surface area contributed by atoms with Crippen molar-refractivity contribution in [1.82, 2.24) is 4.57 Å². The van der Waals surface area contributed by atoms with Crippen LogP contribution in [0.25, 0.3) is 32.9 Å². The van der Waals surface area contributed by atoms with Crippen LogP contribution in [-0.2, 0) is 6.54 Å². The molecule has 0 saturated heterocycles. The lowest BCUT2D eigenvalue weighted by Gasteiger charge is -2.11. The van der Waals surface area contributed by atoms with E-state index in [1.807, 2.05) is 37.3 Å². The first-order chi connectivity index (χ1) is 15.6. The van der Waals surface area contributed by atoms with Crippen molar-refractivity contribution in [2.45, 2.75) is 13.5 Å². The summed E-state index contributed by atoms with van der Waals surface area (Å²) >= 11 is 0. The van der Waals surface area contributed by atoms with Gasteiger partial charge in [-0.1, -0.05) is 60.7 Å². The monoisotopic (exact) mass is 420 g/mol. The van der Waals surface area contributed by atoms with Gasteiger partial charge in [-0.25, -0.2) is 0 Å². The van der Waals surface area contributed by atoms with Gasteiger partial charge < -0.3 is 15.0 Å². The predicted octanol–water partition coefficient (Wildman–Crippen LogP) is 5.93. The lowest BCUT2D eigenvalue weighted by Crippen LogP contribution is -2.11. The van der Waals surface area contributed by atoms with Gasteiger partial charge in [0.05, 0.1) is 18.1 Å². The number of rotatable bonds is 5. The number of nitrogens with zero attached hydrogens (tertiary/aromatic N) is 1. The second-order valence-electron chi connectivity index (χ2n) is 8.05. The summed E-state index contributed by atoms with van der Waals surface area (Å²) in [6.07, 6.45) is 0. The smallest absolute Gasteiger partial charge is 0.249 e. The molecule has 0 aliphatic heterocycles. The molecule has 0 saturated carbocycles. The number of hydrogen-bond acceptors (Lipinski definition) is 2. The molecular weight excluding hydrogens is 396 g/mol. The van der Waals surface area contributed by atoms with Gasteiger partial charge in [-0.2, -0.15) is 0 Å². The third kappa shape index (κ3) is 3.30. The maximum Gasteiger partial charge on any atom is 0.249 e. The van der Waals surface area contributed by atoms with Crippen molar-refractivity contribution < 1.29 is 9.53 Å². The van der Waals surface area contributed by atoms with Crippen LogP contribution in [-0.4, -0.2) is 17.6 Å². The molecule has 2 N–H and O–H groups in total. The first-order valence-corrected chi connectivity index (χ1v) is 10.6. The molecule has 1 aromatic heterocycles. The SMILES string of the molecule is COc1ccc(Cn2c3cc(-c4ccccc4)ccc3c3c(C(N)=O)cccc32)cc1C. The summed E-state index contributed by atoms with van der Waals surface area (Å²) in [5.41, 5.74) is 12.9. The molecule has 1 amide bonds. The minimum atomic E-state index is -0.415. The molecule has 32 heavy (non-hydrogen) atoms. The van der Waals surface area contributed by atoms with Crippen LogP contribution >= 0.6 is 0 Å². The molecular formula is C28H24N2O2. The van der Waals surface area contributed by atoms with Crippen molar-refractivity contribution in [1.29, 1.82) is 0 Å². The molecule has 4 aromatic carbocycles. The van der Waals surface area contributed by atoms with E-state index in [9.17, 15) is 4.79 Å². The van der Waals surface area contributed by atoms with Crippen molar-refractivity contribution in [2.24, 2.45) is 5.73 Å². The first-order valence-electron chi connectivity index (χ1n) is 10.6. The van der Waals surface area contributed by atoms with E-state index < -0.39 is 5.91 Å². The Hall–Kier alpha value is -4.05. The number of benzene rings is 4. The Morgan fingerprint density at radius 2 is 1.69 bits per heavy atom. The zero-order valence-electron chi connectivity index (χ0n) is 18.1. The zero-order chi connectivity index (χ0) is 22.2. The number of hydrogen-bond donors (Lipinski definition) is 1. The van der Waals surface area contributed by atoms with E-state index in [-0.39, 0.29) is 0 Å². The van der Waals surface area contributed by atoms with Crippen molar-refractivity contribution >= 4 is 27.7 Å². The van der Waals surface area contributed by atoms with E-state index in [0.717, 1.165) is 49.8 Å². The van der Waals surface area contributed by atoms with Crippen LogP contribution in [0.1, 0.15) is 21.5 Å². The molecule has 0 atom stereocenters. The highest BCUT2D eigenvalue weighted by molar-refractivity contribution is 6.18. The molecule has 0 radical (unpaired) electrons. The van der Waals surface area contributed by atoms with Crippen molar-refractivity contribution in [3.8, 4) is 16.9 Å². The second kappa shape index (κ2) is 7.89. The van der Waals surface area contributed by atoms with Crippen LogP contribution in [0, 0.1) is 6.92 Å². The average molecular weight is 421 g/mol. The van der Waals surface area contributed by atoms with Gasteiger partial charge in [0, 0.05) is 22.9 Å². The van der Waals surface area contributed by atoms with Crippen molar-refractivity contribution in [3.05, 3.63) is 102 Å². The van der Waals surface area contributed by atoms with Crippen LogP contribution in [0.3, 0.4) is 0 Å². The van der Waals surface area contributed by atoms with Gasteiger partial charge in [0.1, 0.15) is 5.75 Å². The molecule has 0 aliphatic rings. The minimum Gasteiger partial charge on any atom is -0.496 e. The highest BCUT2D eigenvalue weighted by atomic mass is 16.5. The maximum atomic E-state index is 12.2. The third-order valence-corrected chi connectivity index (χ3v) is 6.06. The molecule has 0 bridgehead atoms. The topological polar surface area (TPSA) is 57.2 Å². The van der Waals surface area contributed by atoms with Crippen LogP contribution in [0.4, 0.5) is 0 Å². The third-order valence-electron chi connectivity index (χ3n) is 6.06. The fourth-order valence-corrected chi connectivity index (χ4v) is 4.55. The van der Waals surface area contributed by atoms with Crippen molar-refractivity contribution in [3.63, 3.8) is 0 Å². The first kappa shape index (κ1) is 19.9. The van der Waals surface area contributed by atoms with E-state index in [0.29, 0.717) is 12.1 Å². The van der Waals surface area contributed by atoms with Crippen LogP contribution < -0.4 is 10.5 Å². The van der Waals surface area contributed by atoms with Crippen LogP contribution in [0.5, 0.6) is 5.75 Å². The molecule has 5 aromatic rings. The van der Waals surface area contributed by atoms with E-state index in [4.69, 9.17) is 10.5 Å². The minimum absolute atomic E-state index is 0.415. The molecule has 5 rings (SSSR count). The standard InChI is InChI=1S/C28H24N2O2/c1-18-15-19(11-14-26(18)32-2)17-30-24-10-6-9-23(28(29)31)27(24)22-13-12-21(16-25(22)30)20-7-4-3-5-8-20/h3-16H,17H2,1-2H3,(H2,29,31). The lowest BCUT2D eigenvalue weighted by molar-refractivity contribution is 0.100. The van der Waals surface area contributed by atoms with Gasteiger partial charge in [0.15, 0.2) is 0 Å². The van der Waals surface area contributed by atoms with E-state index >= 15 is 0 Å². The highest BCUT2D eigenvalue weighted by Crippen LogP contribution is 2.35. The number of nitrogens with two attached hydrogens (primary N) is 1. The van der Waals surface area contributed by atoms with E-state index in [1.165, 1.54) is 0 Å². The Kier molecular flexibility index (Phi) is 4.91. The fraction of sp³-hybridized carbons (Fsp3) is 0.107. The van der Waals surface area contributed by atoms with Crippen molar-refractivity contribution in [2.75, 3.05) is 7.11 Å². The van der Waals surface area contributed by atoms with Crippen LogP contribution in [0.15, 0.2) is 84.9 Å². The Balaban J connectivity index is 1.77. The fourth-order valence-electron chi connectivity index (χ4n) is 4.55. The quantitative estimate of drug-likeness (QED) is 0.383. The largest absolute Gasteiger partial charge is 0.496 e. The van der Waals surface area contributed by atoms with Gasteiger partial charge in [0.25, 0.3) is 0 Å². The summed E-state index contributed by atoms with van der Waals surface area (Å²) in [6, 6.07) is 28.7. The van der Waals surface area contributed by atoms with Gasteiger partial charge in [-0.3, -0.25) is 4.79 Å². The molecule has 1 heterocycles. The van der Waals surface area contributed by atoms with Gasteiger partial charge in [0.2, 0.25) is 5.91 Å². The highest BCUT2D eigenvalue weighted by Gasteiger charge is 2.17. The molecule has 0 aliphatic carbocycles. The summed E-state index contributed by atoms with van der Waals surface area (Å²) < 4.78 is 7.69. The second-order valence-corrected chi connectivity index (χ2v) is 8.05. The Bertz CT molecular complexity index is 1470. The predicted molar refractivity (Wildman–Crippen MR) is 130 cm³/mol. The van der Waals surface area contributed by atoms with Gasteiger partial charge in [-0.05, 0) is 53.4 Å². The van der Waals surface area contributed by atoms with E-state index in [1.54, 1.807) is 13.2 Å². The number of aromatic nitrogens is 1. The summed E-state index contributed by atoms with van der Waals surface area (Å²) in [5.74, 6) is 0.459. The average Bonchev–Trinajstić information content (AvgIpc) is 3.12. The number of carbonyl (C=O) groups is 1. The Labute approximate surface area is 186 Å². The summed E-state index contributed by atoms with van der Waals surface area (Å²) in [7, 11) is 1.69. The molecule has 158 valence electrons. The molecule has 0 unspecified atom stereocenters. The summed E-state index contributed by atoms with van der Waals surface area (Å²) in [4.78, 5) is 12.2. The number of amides is 1. The Morgan fingerprint density at radius 3 is 2.41 bits per heavy atom. The maximum absolute atomic E-state index is 12.2. The zero-order valence-corrected chi connectivity index (χ0v) is 18.1. The van der Waals surface area contributed by atoms with Crippen LogP contribution in [0.2, 0.25) is 0 Å². The Morgan fingerprint density at radius 1 is 0.875 bits per heavy atom.